The minimum atomic E-state index is -0.751. The van der Waals surface area contributed by atoms with Crippen molar-refractivity contribution in [2.75, 3.05) is 17.7 Å². The molecule has 0 aromatic heterocycles. The van der Waals surface area contributed by atoms with Crippen LogP contribution in [0, 0.1) is 11.8 Å². The number of nitrogens with zero attached hydrogens (tertiary/aromatic N) is 1. The molecule has 1 unspecified atom stereocenters. The summed E-state index contributed by atoms with van der Waals surface area (Å²) >= 11 is 1.64. The van der Waals surface area contributed by atoms with Crippen LogP contribution in [0.3, 0.4) is 0 Å². The maximum Gasteiger partial charge on any atom is 0.306 e. The van der Waals surface area contributed by atoms with Crippen LogP contribution in [-0.2, 0) is 14.4 Å². The SMILES string of the molecule is CSc1ccc(N2CC(C(=O)NC3CCC(C(=O)O)CC3)CC2=O)cc1. The molecule has 0 radical (unpaired) electrons. The van der Waals surface area contributed by atoms with Crippen molar-refractivity contribution in [2.45, 2.75) is 43.0 Å². The Labute approximate surface area is 157 Å². The Morgan fingerprint density at radius 3 is 2.35 bits per heavy atom. The topological polar surface area (TPSA) is 86.7 Å². The molecule has 1 heterocycles. The predicted molar refractivity (Wildman–Crippen MR) is 100 cm³/mol. The van der Waals surface area contributed by atoms with E-state index in [9.17, 15) is 14.4 Å². The highest BCUT2D eigenvalue weighted by atomic mass is 32.2. The monoisotopic (exact) mass is 376 g/mol. The third-order valence-corrected chi connectivity index (χ3v) is 6.05. The maximum absolute atomic E-state index is 12.5. The van der Waals surface area contributed by atoms with E-state index in [0.29, 0.717) is 32.2 Å². The van der Waals surface area contributed by atoms with E-state index in [0.717, 1.165) is 10.6 Å². The minimum Gasteiger partial charge on any atom is -0.481 e. The van der Waals surface area contributed by atoms with Crippen LogP contribution in [0.1, 0.15) is 32.1 Å². The Hall–Kier alpha value is -2.02. The number of nitrogens with one attached hydrogen (secondary N) is 1. The summed E-state index contributed by atoms with van der Waals surface area (Å²) in [7, 11) is 0. The van der Waals surface area contributed by atoms with E-state index in [4.69, 9.17) is 5.11 Å². The first kappa shape index (κ1) is 18.8. The van der Waals surface area contributed by atoms with Crippen LogP contribution in [-0.4, -0.2) is 41.7 Å². The third-order valence-electron chi connectivity index (χ3n) is 5.30. The summed E-state index contributed by atoms with van der Waals surface area (Å²) in [5, 5.41) is 12.1. The molecule has 3 rings (SSSR count). The van der Waals surface area contributed by atoms with Gasteiger partial charge in [-0.3, -0.25) is 14.4 Å². The van der Waals surface area contributed by atoms with Crippen molar-refractivity contribution in [1.29, 1.82) is 0 Å². The first-order chi connectivity index (χ1) is 12.5. The van der Waals surface area contributed by atoms with Gasteiger partial charge in [-0.15, -0.1) is 11.8 Å². The molecule has 2 aliphatic rings. The molecule has 1 aromatic rings. The summed E-state index contributed by atoms with van der Waals surface area (Å²) in [4.78, 5) is 38.7. The highest BCUT2D eigenvalue weighted by Crippen LogP contribution is 2.28. The van der Waals surface area contributed by atoms with Crippen molar-refractivity contribution in [2.24, 2.45) is 11.8 Å². The van der Waals surface area contributed by atoms with Gasteiger partial charge >= 0.3 is 5.97 Å². The molecule has 7 heteroatoms. The number of anilines is 1. The van der Waals surface area contributed by atoms with Crippen LogP contribution in [0.5, 0.6) is 0 Å². The van der Waals surface area contributed by atoms with Gasteiger partial charge in [0.25, 0.3) is 0 Å². The van der Waals surface area contributed by atoms with Gasteiger partial charge in [0.15, 0.2) is 0 Å². The summed E-state index contributed by atoms with van der Waals surface area (Å²) in [6.45, 7) is 0.397. The number of hydrogen-bond donors (Lipinski definition) is 2. The van der Waals surface area contributed by atoms with Gasteiger partial charge in [-0.25, -0.2) is 0 Å². The number of carbonyl (C=O) groups is 3. The van der Waals surface area contributed by atoms with Gasteiger partial charge in [0.2, 0.25) is 11.8 Å². The Bertz CT molecular complexity index is 683. The lowest BCUT2D eigenvalue weighted by Gasteiger charge is -2.27. The summed E-state index contributed by atoms with van der Waals surface area (Å²) in [6.07, 6.45) is 4.78. The molecular formula is C19H24N2O4S. The first-order valence-corrected chi connectivity index (χ1v) is 10.2. The highest BCUT2D eigenvalue weighted by Gasteiger charge is 2.36. The molecule has 2 N–H and O–H groups in total. The normalized spacial score (nSPS) is 26.0. The average molecular weight is 376 g/mol. The van der Waals surface area contributed by atoms with Gasteiger partial charge in [0, 0.05) is 29.6 Å². The number of carboxylic acid groups (broad SMARTS) is 1. The molecule has 1 saturated carbocycles. The molecule has 0 bridgehead atoms. The number of amides is 2. The van der Waals surface area contributed by atoms with Gasteiger partial charge in [0.05, 0.1) is 11.8 Å². The largest absolute Gasteiger partial charge is 0.481 e. The second kappa shape index (κ2) is 8.12. The maximum atomic E-state index is 12.5. The first-order valence-electron chi connectivity index (χ1n) is 8.95. The van der Waals surface area contributed by atoms with Crippen LogP contribution < -0.4 is 10.2 Å². The molecule has 1 aliphatic heterocycles. The Morgan fingerprint density at radius 1 is 1.12 bits per heavy atom. The lowest BCUT2D eigenvalue weighted by Crippen LogP contribution is -2.42. The van der Waals surface area contributed by atoms with Crippen LogP contribution in [0.15, 0.2) is 29.2 Å². The summed E-state index contributed by atoms with van der Waals surface area (Å²) in [6, 6.07) is 7.79. The number of aliphatic carboxylic acids is 1. The van der Waals surface area contributed by atoms with Gasteiger partial charge in [0.1, 0.15) is 0 Å². The fourth-order valence-electron chi connectivity index (χ4n) is 3.70. The van der Waals surface area contributed by atoms with Gasteiger partial charge < -0.3 is 15.3 Å². The van der Waals surface area contributed by atoms with E-state index in [2.05, 4.69) is 5.32 Å². The van der Waals surface area contributed by atoms with Crippen molar-refractivity contribution in [3.8, 4) is 0 Å². The Kier molecular flexibility index (Phi) is 5.86. The molecule has 1 aliphatic carbocycles. The molecular weight excluding hydrogens is 352 g/mol. The van der Waals surface area contributed by atoms with Crippen molar-refractivity contribution in [1.82, 2.24) is 5.32 Å². The van der Waals surface area contributed by atoms with Crippen molar-refractivity contribution >= 4 is 35.2 Å². The van der Waals surface area contributed by atoms with Crippen molar-refractivity contribution < 1.29 is 19.5 Å². The van der Waals surface area contributed by atoms with E-state index < -0.39 is 5.97 Å². The number of carbonyl (C=O) groups excluding carboxylic acids is 2. The smallest absolute Gasteiger partial charge is 0.306 e. The van der Waals surface area contributed by atoms with E-state index >= 15 is 0 Å². The number of hydrogen-bond acceptors (Lipinski definition) is 4. The molecule has 26 heavy (non-hydrogen) atoms. The lowest BCUT2D eigenvalue weighted by atomic mass is 9.86. The van der Waals surface area contributed by atoms with Crippen LogP contribution in [0.4, 0.5) is 5.69 Å². The number of rotatable bonds is 5. The van der Waals surface area contributed by atoms with E-state index in [1.807, 2.05) is 30.5 Å². The zero-order valence-electron chi connectivity index (χ0n) is 14.8. The summed E-state index contributed by atoms with van der Waals surface area (Å²) in [5.41, 5.74) is 0.824. The van der Waals surface area contributed by atoms with Gasteiger partial charge in [-0.2, -0.15) is 0 Å². The number of thioether (sulfide) groups is 1. The third kappa shape index (κ3) is 4.20. The van der Waals surface area contributed by atoms with Gasteiger partial charge in [-0.1, -0.05) is 0 Å². The fraction of sp³-hybridized carbons (Fsp3) is 0.526. The van der Waals surface area contributed by atoms with E-state index in [-0.39, 0.29) is 36.1 Å². The summed E-state index contributed by atoms with van der Waals surface area (Å²) in [5.74, 6) is -1.52. The molecule has 140 valence electrons. The fourth-order valence-corrected chi connectivity index (χ4v) is 4.11. The Morgan fingerprint density at radius 2 is 1.77 bits per heavy atom. The quantitative estimate of drug-likeness (QED) is 0.771. The van der Waals surface area contributed by atoms with Crippen molar-refractivity contribution in [3.63, 3.8) is 0 Å². The molecule has 2 fully saturated rings. The van der Waals surface area contributed by atoms with E-state index in [1.165, 1.54) is 0 Å². The van der Waals surface area contributed by atoms with Crippen LogP contribution >= 0.6 is 11.8 Å². The van der Waals surface area contributed by atoms with Crippen LogP contribution in [0.25, 0.3) is 0 Å². The second-order valence-electron chi connectivity index (χ2n) is 7.00. The van der Waals surface area contributed by atoms with Crippen molar-refractivity contribution in [3.05, 3.63) is 24.3 Å². The minimum absolute atomic E-state index is 0.0168. The zero-order chi connectivity index (χ0) is 18.7. The molecule has 1 aromatic carbocycles. The number of carboxylic acids is 1. The molecule has 2 amide bonds. The standard InChI is InChI=1S/C19H24N2O4S/c1-26-16-8-6-15(7-9-16)21-11-13(10-17(21)22)18(23)20-14-4-2-12(3-5-14)19(24)25/h6-9,12-14H,2-5,10-11H2,1H3,(H,20,23)(H,24,25). The second-order valence-corrected chi connectivity index (χ2v) is 7.88. The number of benzene rings is 1. The average Bonchev–Trinajstić information content (AvgIpc) is 3.04. The molecule has 6 nitrogen and oxygen atoms in total. The Balaban J connectivity index is 1.54. The molecule has 1 saturated heterocycles. The van der Waals surface area contributed by atoms with Crippen LogP contribution in [0.2, 0.25) is 0 Å². The predicted octanol–water partition coefficient (Wildman–Crippen LogP) is 2.52. The van der Waals surface area contributed by atoms with E-state index in [1.54, 1.807) is 16.7 Å². The van der Waals surface area contributed by atoms with Gasteiger partial charge in [-0.05, 0) is 56.2 Å². The zero-order valence-corrected chi connectivity index (χ0v) is 15.6. The highest BCUT2D eigenvalue weighted by molar-refractivity contribution is 7.98. The molecule has 1 atom stereocenters. The molecule has 0 spiro atoms. The summed E-state index contributed by atoms with van der Waals surface area (Å²) < 4.78 is 0. The lowest BCUT2D eigenvalue weighted by molar-refractivity contribution is -0.142.